The highest BCUT2D eigenvalue weighted by atomic mass is 16.5. The second-order valence-corrected chi connectivity index (χ2v) is 4.39. The van der Waals surface area contributed by atoms with Crippen molar-refractivity contribution >= 4 is 0 Å². The van der Waals surface area contributed by atoms with E-state index in [4.69, 9.17) is 14.2 Å². The zero-order valence-corrected chi connectivity index (χ0v) is 10.1. The van der Waals surface area contributed by atoms with E-state index in [1.165, 1.54) is 6.26 Å². The van der Waals surface area contributed by atoms with E-state index in [2.05, 4.69) is 13.5 Å². The lowest BCUT2D eigenvalue weighted by Crippen LogP contribution is -2.46. The predicted octanol–water partition coefficient (Wildman–Crippen LogP) is 3.01. The van der Waals surface area contributed by atoms with Gasteiger partial charge in [0, 0.05) is 0 Å². The van der Waals surface area contributed by atoms with Crippen LogP contribution in [0.2, 0.25) is 0 Å². The average molecular weight is 234 g/mol. The molecule has 0 radical (unpaired) electrons. The third-order valence-electron chi connectivity index (χ3n) is 3.15. The van der Waals surface area contributed by atoms with Gasteiger partial charge in [-0.05, 0) is 30.7 Å². The van der Waals surface area contributed by atoms with E-state index in [1.54, 1.807) is 0 Å². The first-order valence-corrected chi connectivity index (χ1v) is 5.86. The Balaban J connectivity index is 1.88. The van der Waals surface area contributed by atoms with Gasteiger partial charge in [-0.3, -0.25) is 0 Å². The monoisotopic (exact) mass is 234 g/mol. The summed E-state index contributed by atoms with van der Waals surface area (Å²) in [5.41, 5.74) is 0.219. The van der Waals surface area contributed by atoms with Gasteiger partial charge in [-0.1, -0.05) is 13.5 Å². The van der Waals surface area contributed by atoms with Gasteiger partial charge in [0.05, 0.1) is 31.5 Å². The summed E-state index contributed by atoms with van der Waals surface area (Å²) >= 11 is 0. The van der Waals surface area contributed by atoms with Crippen LogP contribution in [0.4, 0.5) is 0 Å². The third-order valence-corrected chi connectivity index (χ3v) is 3.15. The van der Waals surface area contributed by atoms with E-state index in [1.807, 2.05) is 24.3 Å². The predicted molar refractivity (Wildman–Crippen MR) is 66.3 cm³/mol. The van der Waals surface area contributed by atoms with Crippen molar-refractivity contribution in [2.24, 2.45) is 5.41 Å². The molecule has 1 aromatic carbocycles. The highest BCUT2D eigenvalue weighted by Gasteiger charge is 2.37. The molecule has 2 rings (SSSR count). The molecule has 0 saturated carbocycles. The number of ether oxygens (including phenoxy) is 3. The summed E-state index contributed by atoms with van der Waals surface area (Å²) in [6.45, 7) is 8.01. The highest BCUT2D eigenvalue weighted by molar-refractivity contribution is 5.31. The van der Waals surface area contributed by atoms with Crippen LogP contribution in [0, 0.1) is 5.41 Å². The molecular formula is C14H18O3. The Kier molecular flexibility index (Phi) is 3.69. The minimum Gasteiger partial charge on any atom is -0.493 e. The number of rotatable bonds is 6. The van der Waals surface area contributed by atoms with Gasteiger partial charge < -0.3 is 14.2 Å². The maximum Gasteiger partial charge on any atom is 0.126 e. The van der Waals surface area contributed by atoms with E-state index in [0.29, 0.717) is 6.61 Å². The summed E-state index contributed by atoms with van der Waals surface area (Å²) < 4.78 is 16.2. The normalized spacial score (nSPS) is 17.0. The molecule has 1 aliphatic rings. The lowest BCUT2D eigenvalue weighted by Gasteiger charge is -2.40. The fraction of sp³-hybridized carbons (Fsp3) is 0.429. The fourth-order valence-corrected chi connectivity index (χ4v) is 1.73. The first-order valence-electron chi connectivity index (χ1n) is 5.86. The number of hydrogen-bond donors (Lipinski definition) is 0. The van der Waals surface area contributed by atoms with E-state index < -0.39 is 0 Å². The molecular weight excluding hydrogens is 216 g/mol. The summed E-state index contributed by atoms with van der Waals surface area (Å²) in [7, 11) is 0. The van der Waals surface area contributed by atoms with Crippen molar-refractivity contribution in [2.45, 2.75) is 13.3 Å². The molecule has 0 amide bonds. The minimum atomic E-state index is 0.219. The first-order chi connectivity index (χ1) is 8.28. The van der Waals surface area contributed by atoms with Gasteiger partial charge in [-0.25, -0.2) is 0 Å². The molecule has 92 valence electrons. The van der Waals surface area contributed by atoms with Crippen molar-refractivity contribution in [2.75, 3.05) is 19.8 Å². The lowest BCUT2D eigenvalue weighted by atomic mass is 9.84. The molecule has 0 bridgehead atoms. The van der Waals surface area contributed by atoms with Crippen molar-refractivity contribution in [1.82, 2.24) is 0 Å². The van der Waals surface area contributed by atoms with Crippen molar-refractivity contribution in [3.63, 3.8) is 0 Å². The summed E-state index contributed by atoms with van der Waals surface area (Å²) in [6, 6.07) is 7.54. The minimum absolute atomic E-state index is 0.219. The van der Waals surface area contributed by atoms with Crippen LogP contribution < -0.4 is 9.47 Å². The number of hydrogen-bond acceptors (Lipinski definition) is 3. The smallest absolute Gasteiger partial charge is 0.126 e. The largest absolute Gasteiger partial charge is 0.493 e. The Hall–Kier alpha value is -1.48. The maximum atomic E-state index is 5.78. The summed E-state index contributed by atoms with van der Waals surface area (Å²) in [5.74, 6) is 1.63. The van der Waals surface area contributed by atoms with E-state index in [-0.39, 0.29) is 5.41 Å². The molecule has 0 aliphatic carbocycles. The highest BCUT2D eigenvalue weighted by Crippen LogP contribution is 2.32. The van der Waals surface area contributed by atoms with Crippen LogP contribution in [-0.2, 0) is 4.74 Å². The Morgan fingerprint density at radius 3 is 2.41 bits per heavy atom. The van der Waals surface area contributed by atoms with E-state index in [9.17, 15) is 0 Å². The van der Waals surface area contributed by atoms with Crippen LogP contribution in [0.3, 0.4) is 0 Å². The fourth-order valence-electron chi connectivity index (χ4n) is 1.73. The van der Waals surface area contributed by atoms with Gasteiger partial charge in [-0.2, -0.15) is 0 Å². The van der Waals surface area contributed by atoms with E-state index in [0.717, 1.165) is 31.1 Å². The van der Waals surface area contributed by atoms with Crippen LogP contribution in [0.5, 0.6) is 11.5 Å². The summed E-state index contributed by atoms with van der Waals surface area (Å²) in [6.07, 6.45) is 2.50. The molecule has 1 saturated heterocycles. The Morgan fingerprint density at radius 1 is 1.29 bits per heavy atom. The first kappa shape index (κ1) is 12.0. The molecule has 0 N–H and O–H groups in total. The number of benzene rings is 1. The standard InChI is InChI=1S/C14H18O3/c1-3-14(9-15-10-14)11-17-13-7-5-12(6-8-13)16-4-2/h4-8H,2-3,9-11H2,1H3. The van der Waals surface area contributed by atoms with Gasteiger partial charge >= 0.3 is 0 Å². The third kappa shape index (κ3) is 2.80. The Morgan fingerprint density at radius 2 is 1.94 bits per heavy atom. The topological polar surface area (TPSA) is 27.7 Å². The van der Waals surface area contributed by atoms with Crippen molar-refractivity contribution in [3.05, 3.63) is 37.1 Å². The van der Waals surface area contributed by atoms with Crippen LogP contribution >= 0.6 is 0 Å². The van der Waals surface area contributed by atoms with Crippen LogP contribution in [0.15, 0.2) is 37.1 Å². The molecule has 0 atom stereocenters. The molecule has 0 spiro atoms. The van der Waals surface area contributed by atoms with Gasteiger partial charge in [0.15, 0.2) is 0 Å². The molecule has 3 heteroatoms. The van der Waals surface area contributed by atoms with Crippen LogP contribution in [0.25, 0.3) is 0 Å². The van der Waals surface area contributed by atoms with Crippen LogP contribution in [0.1, 0.15) is 13.3 Å². The molecule has 3 nitrogen and oxygen atoms in total. The average Bonchev–Trinajstić information content (AvgIpc) is 2.31. The summed E-state index contributed by atoms with van der Waals surface area (Å²) in [4.78, 5) is 0. The second kappa shape index (κ2) is 5.23. The zero-order valence-electron chi connectivity index (χ0n) is 10.1. The van der Waals surface area contributed by atoms with Gasteiger partial charge in [-0.15, -0.1) is 0 Å². The van der Waals surface area contributed by atoms with E-state index >= 15 is 0 Å². The Labute approximate surface area is 102 Å². The molecule has 0 aromatic heterocycles. The lowest BCUT2D eigenvalue weighted by molar-refractivity contribution is -0.133. The molecule has 1 aromatic rings. The van der Waals surface area contributed by atoms with Gasteiger partial charge in [0.1, 0.15) is 11.5 Å². The Bertz CT molecular complexity index is 360. The molecule has 1 heterocycles. The molecule has 17 heavy (non-hydrogen) atoms. The van der Waals surface area contributed by atoms with Crippen molar-refractivity contribution < 1.29 is 14.2 Å². The molecule has 1 aliphatic heterocycles. The van der Waals surface area contributed by atoms with Crippen molar-refractivity contribution in [3.8, 4) is 11.5 Å². The zero-order chi connectivity index (χ0) is 12.1. The van der Waals surface area contributed by atoms with Gasteiger partial charge in [0.25, 0.3) is 0 Å². The summed E-state index contributed by atoms with van der Waals surface area (Å²) in [5, 5.41) is 0. The maximum absolute atomic E-state index is 5.78. The van der Waals surface area contributed by atoms with Crippen molar-refractivity contribution in [1.29, 1.82) is 0 Å². The second-order valence-electron chi connectivity index (χ2n) is 4.39. The van der Waals surface area contributed by atoms with Gasteiger partial charge in [0.2, 0.25) is 0 Å². The van der Waals surface area contributed by atoms with Crippen LogP contribution in [-0.4, -0.2) is 19.8 Å². The molecule has 1 fully saturated rings. The molecule has 0 unspecified atom stereocenters. The SMILES string of the molecule is C=COc1ccc(OCC2(CC)COC2)cc1. The quantitative estimate of drug-likeness (QED) is 0.708.